The minimum absolute atomic E-state index is 0.261. The maximum Gasteiger partial charge on any atom is 0.332 e. The van der Waals surface area contributed by atoms with Crippen molar-refractivity contribution in [2.24, 2.45) is 0 Å². The van der Waals surface area contributed by atoms with E-state index in [2.05, 4.69) is 5.48 Å². The normalized spacial score (nSPS) is 9.78. The van der Waals surface area contributed by atoms with Crippen LogP contribution in [0.25, 0.3) is 0 Å². The first kappa shape index (κ1) is 12.2. The predicted molar refractivity (Wildman–Crippen MR) is 70.9 cm³/mol. The second-order valence-electron chi connectivity index (χ2n) is 3.93. The molecule has 0 heterocycles. The summed E-state index contributed by atoms with van der Waals surface area (Å²) in [7, 11) is 0. The highest BCUT2D eigenvalue weighted by atomic mass is 16.7. The van der Waals surface area contributed by atoms with Gasteiger partial charge in [-0.25, -0.2) is 10.3 Å². The molecule has 0 radical (unpaired) electrons. The molecule has 92 valence electrons. The molecule has 0 saturated heterocycles. The minimum atomic E-state index is -0.261. The van der Waals surface area contributed by atoms with Crippen molar-refractivity contribution >= 4 is 11.7 Å². The number of rotatable bonds is 5. The van der Waals surface area contributed by atoms with Gasteiger partial charge in [-0.15, -0.1) is 0 Å². The molecule has 0 aromatic heterocycles. The first-order valence-electron chi connectivity index (χ1n) is 5.89. The van der Waals surface area contributed by atoms with Crippen molar-refractivity contribution in [2.75, 3.05) is 5.48 Å². The van der Waals surface area contributed by atoms with E-state index in [9.17, 15) is 4.79 Å². The van der Waals surface area contributed by atoms with E-state index in [1.54, 1.807) is 0 Å². The fourth-order valence-electron chi connectivity index (χ4n) is 1.56. The molecule has 2 aromatic rings. The lowest BCUT2D eigenvalue weighted by Gasteiger charge is -2.06. The number of benzene rings is 2. The number of para-hydroxylation sites is 1. The van der Waals surface area contributed by atoms with Crippen LogP contribution in [0.3, 0.4) is 0 Å². The summed E-state index contributed by atoms with van der Waals surface area (Å²) in [5.41, 5.74) is 4.53. The number of carbonyl (C=O) groups excluding carboxylic acids is 1. The summed E-state index contributed by atoms with van der Waals surface area (Å²) in [5.74, 6) is -0.261. The van der Waals surface area contributed by atoms with Gasteiger partial charge in [-0.3, -0.25) is 0 Å². The van der Waals surface area contributed by atoms with Gasteiger partial charge in [0.2, 0.25) is 0 Å². The molecule has 0 amide bonds. The van der Waals surface area contributed by atoms with Crippen molar-refractivity contribution in [3.05, 3.63) is 66.2 Å². The van der Waals surface area contributed by atoms with Crippen LogP contribution in [0.1, 0.15) is 12.0 Å². The van der Waals surface area contributed by atoms with Gasteiger partial charge in [-0.1, -0.05) is 48.5 Å². The van der Waals surface area contributed by atoms with E-state index in [1.807, 2.05) is 60.7 Å². The van der Waals surface area contributed by atoms with Crippen LogP contribution in [0, 0.1) is 0 Å². The van der Waals surface area contributed by atoms with Crippen LogP contribution in [-0.4, -0.2) is 5.97 Å². The van der Waals surface area contributed by atoms with Crippen LogP contribution in [0.4, 0.5) is 5.69 Å². The van der Waals surface area contributed by atoms with Crippen molar-refractivity contribution in [3.63, 3.8) is 0 Å². The summed E-state index contributed by atoms with van der Waals surface area (Å²) in [5, 5.41) is 0. The van der Waals surface area contributed by atoms with Gasteiger partial charge in [0.05, 0.1) is 12.1 Å². The average molecular weight is 241 g/mol. The molecule has 0 aliphatic carbocycles. The van der Waals surface area contributed by atoms with Crippen LogP contribution < -0.4 is 5.48 Å². The topological polar surface area (TPSA) is 38.3 Å². The Morgan fingerprint density at radius 1 is 0.944 bits per heavy atom. The Morgan fingerprint density at radius 3 is 2.22 bits per heavy atom. The number of aryl methyl sites for hydroxylation is 1. The van der Waals surface area contributed by atoms with Crippen molar-refractivity contribution < 1.29 is 9.63 Å². The largest absolute Gasteiger partial charge is 0.343 e. The smallest absolute Gasteiger partial charge is 0.332 e. The van der Waals surface area contributed by atoms with Crippen LogP contribution in [-0.2, 0) is 16.1 Å². The number of carbonyl (C=O) groups is 1. The fourth-order valence-corrected chi connectivity index (χ4v) is 1.56. The molecule has 0 spiro atoms. The molecule has 0 aliphatic rings. The summed E-state index contributed by atoms with van der Waals surface area (Å²) in [6.07, 6.45) is 1.06. The highest BCUT2D eigenvalue weighted by molar-refractivity contribution is 5.70. The molecule has 2 aromatic carbocycles. The van der Waals surface area contributed by atoms with Crippen molar-refractivity contribution in [1.82, 2.24) is 0 Å². The molecule has 0 bridgehead atoms. The van der Waals surface area contributed by atoms with E-state index in [0.717, 1.165) is 11.3 Å². The second kappa shape index (κ2) is 6.45. The lowest BCUT2D eigenvalue weighted by atomic mass is 10.1. The molecule has 0 aliphatic heterocycles. The molecular formula is C15H15NO2. The first-order valence-corrected chi connectivity index (χ1v) is 5.89. The number of anilines is 1. The molecule has 1 N–H and O–H groups in total. The average Bonchev–Trinajstić information content (AvgIpc) is 2.45. The molecular weight excluding hydrogens is 226 g/mol. The van der Waals surface area contributed by atoms with Crippen molar-refractivity contribution in [2.45, 2.75) is 12.8 Å². The summed E-state index contributed by atoms with van der Waals surface area (Å²) in [6, 6.07) is 19.2. The van der Waals surface area contributed by atoms with Crippen LogP contribution >= 0.6 is 0 Å². The quantitative estimate of drug-likeness (QED) is 0.817. The maximum absolute atomic E-state index is 11.5. The van der Waals surface area contributed by atoms with Crippen LogP contribution in [0.2, 0.25) is 0 Å². The predicted octanol–water partition coefficient (Wildman–Crippen LogP) is 3.19. The SMILES string of the molecule is O=C(CCc1ccccc1)ONc1ccccc1. The molecule has 2 rings (SSSR count). The Balaban J connectivity index is 1.73. The second-order valence-corrected chi connectivity index (χ2v) is 3.93. The number of hydrogen-bond donors (Lipinski definition) is 1. The molecule has 0 unspecified atom stereocenters. The zero-order valence-corrected chi connectivity index (χ0v) is 10.0. The summed E-state index contributed by atoms with van der Waals surface area (Å²) in [4.78, 5) is 16.5. The molecule has 3 nitrogen and oxygen atoms in total. The zero-order valence-electron chi connectivity index (χ0n) is 10.0. The zero-order chi connectivity index (χ0) is 12.6. The van der Waals surface area contributed by atoms with Gasteiger partial charge < -0.3 is 4.84 Å². The summed E-state index contributed by atoms with van der Waals surface area (Å²) < 4.78 is 0. The van der Waals surface area contributed by atoms with Crippen molar-refractivity contribution in [1.29, 1.82) is 0 Å². The molecule has 0 fully saturated rings. The Hall–Kier alpha value is -2.29. The van der Waals surface area contributed by atoms with Gasteiger partial charge in [-0.05, 0) is 24.1 Å². The van der Waals surface area contributed by atoms with E-state index < -0.39 is 0 Å². The van der Waals surface area contributed by atoms with Gasteiger partial charge in [0.25, 0.3) is 0 Å². The van der Waals surface area contributed by atoms with E-state index >= 15 is 0 Å². The molecule has 3 heteroatoms. The Morgan fingerprint density at radius 2 is 1.56 bits per heavy atom. The van der Waals surface area contributed by atoms with E-state index in [4.69, 9.17) is 4.84 Å². The van der Waals surface area contributed by atoms with E-state index in [-0.39, 0.29) is 5.97 Å². The Kier molecular flexibility index (Phi) is 4.36. The molecule has 18 heavy (non-hydrogen) atoms. The van der Waals surface area contributed by atoms with Crippen molar-refractivity contribution in [3.8, 4) is 0 Å². The highest BCUT2D eigenvalue weighted by Crippen LogP contribution is 2.06. The fraction of sp³-hybridized carbons (Fsp3) is 0.133. The van der Waals surface area contributed by atoms with Gasteiger partial charge in [0.15, 0.2) is 0 Å². The Labute approximate surface area is 106 Å². The molecule has 0 atom stereocenters. The number of nitrogens with one attached hydrogen (secondary N) is 1. The monoisotopic (exact) mass is 241 g/mol. The highest BCUT2D eigenvalue weighted by Gasteiger charge is 2.03. The van der Waals surface area contributed by atoms with Crippen LogP contribution in [0.15, 0.2) is 60.7 Å². The van der Waals surface area contributed by atoms with E-state index in [0.29, 0.717) is 12.8 Å². The summed E-state index contributed by atoms with van der Waals surface area (Å²) >= 11 is 0. The van der Waals surface area contributed by atoms with Gasteiger partial charge >= 0.3 is 5.97 Å². The minimum Gasteiger partial charge on any atom is -0.343 e. The first-order chi connectivity index (χ1) is 8.84. The third-order valence-corrected chi connectivity index (χ3v) is 2.52. The van der Waals surface area contributed by atoms with Crippen LogP contribution in [0.5, 0.6) is 0 Å². The standard InChI is InChI=1S/C15H15NO2/c17-15(12-11-13-7-3-1-4-8-13)18-16-14-9-5-2-6-10-14/h1-10,16H,11-12H2. The lowest BCUT2D eigenvalue weighted by Crippen LogP contribution is -2.11. The third-order valence-electron chi connectivity index (χ3n) is 2.52. The van der Waals surface area contributed by atoms with Gasteiger partial charge in [0.1, 0.15) is 0 Å². The number of hydrogen-bond acceptors (Lipinski definition) is 3. The Bertz CT molecular complexity index is 437. The molecule has 0 saturated carbocycles. The third kappa shape index (κ3) is 3.94. The van der Waals surface area contributed by atoms with Gasteiger partial charge in [-0.2, -0.15) is 0 Å². The maximum atomic E-state index is 11.5. The van der Waals surface area contributed by atoms with E-state index in [1.165, 1.54) is 0 Å². The summed E-state index contributed by atoms with van der Waals surface area (Å²) in [6.45, 7) is 0. The van der Waals surface area contributed by atoms with Gasteiger partial charge in [0, 0.05) is 0 Å². The lowest BCUT2D eigenvalue weighted by molar-refractivity contribution is -0.140.